The highest BCUT2D eigenvalue weighted by Gasteiger charge is 2.06. The number of aromatic nitrogens is 1. The molecule has 1 aliphatic rings. The summed E-state index contributed by atoms with van der Waals surface area (Å²) in [6.45, 7) is 0.668. The quantitative estimate of drug-likeness (QED) is 0.642. The van der Waals surface area contributed by atoms with Gasteiger partial charge in [-0.05, 0) is 15.9 Å². The van der Waals surface area contributed by atoms with E-state index in [9.17, 15) is 0 Å². The number of aromatic amines is 1. The van der Waals surface area contributed by atoms with Gasteiger partial charge in [0.25, 0.3) is 0 Å². The maximum Gasteiger partial charge on any atom is 0.133 e. The number of hydrogen-bond donors (Lipinski definition) is 1. The van der Waals surface area contributed by atoms with Crippen molar-refractivity contribution in [3.63, 3.8) is 0 Å². The van der Waals surface area contributed by atoms with Crippen LogP contribution in [0.5, 0.6) is 0 Å². The number of nitrogens with zero attached hydrogens (tertiary/aromatic N) is 1. The molecule has 1 aromatic rings. The minimum absolute atomic E-state index is 0.0367. The molecule has 2 rings (SSSR count). The first-order chi connectivity index (χ1) is 5.27. The van der Waals surface area contributed by atoms with Crippen LogP contribution in [0.2, 0.25) is 0 Å². The summed E-state index contributed by atoms with van der Waals surface area (Å²) < 4.78 is 1.03. The summed E-state index contributed by atoms with van der Waals surface area (Å²) in [6.07, 6.45) is 3.88. The number of nitrogens with one attached hydrogen (secondary N) is 1. The molecule has 0 saturated heterocycles. The van der Waals surface area contributed by atoms with Gasteiger partial charge in [-0.2, -0.15) is 0 Å². The third kappa shape index (κ3) is 1.23. The minimum atomic E-state index is 0.0367. The molecule has 1 atom stereocenters. The van der Waals surface area contributed by atoms with Crippen molar-refractivity contribution in [2.24, 2.45) is 4.99 Å². The fourth-order valence-corrected chi connectivity index (χ4v) is 1.73. The normalized spacial score (nSPS) is 21.8. The molecule has 2 nitrogen and oxygen atoms in total. The van der Waals surface area contributed by atoms with E-state index in [1.54, 1.807) is 0 Å². The molecule has 0 aromatic carbocycles. The number of rotatable bonds is 0. The lowest BCUT2D eigenvalue weighted by molar-refractivity contribution is 0.940. The Morgan fingerprint density at radius 2 is 2.55 bits per heavy atom. The van der Waals surface area contributed by atoms with Crippen LogP contribution in [-0.4, -0.2) is 16.9 Å². The highest BCUT2D eigenvalue weighted by molar-refractivity contribution is 9.10. The Labute approximate surface area is 77.1 Å². The zero-order valence-electron chi connectivity index (χ0n) is 5.64. The predicted octanol–water partition coefficient (Wildman–Crippen LogP) is 0.798. The largest absolute Gasteiger partial charge is 0.345 e. The zero-order valence-corrected chi connectivity index (χ0v) is 7.98. The van der Waals surface area contributed by atoms with Gasteiger partial charge < -0.3 is 4.98 Å². The molecule has 0 fully saturated rings. The third-order valence-corrected chi connectivity index (χ3v) is 2.54. The van der Waals surface area contributed by atoms with Crippen LogP contribution in [-0.2, 0) is 0 Å². The second-order valence-corrected chi connectivity index (χ2v) is 3.84. The van der Waals surface area contributed by atoms with Crippen LogP contribution in [0.1, 0.15) is 0 Å². The number of halogens is 2. The predicted molar refractivity (Wildman–Crippen MR) is 48.2 cm³/mol. The molecule has 0 bridgehead atoms. The molecule has 0 spiro atoms. The Hall–Kier alpha value is -0.280. The number of alkyl halides is 1. The van der Waals surface area contributed by atoms with Gasteiger partial charge in [0.05, 0.1) is 11.9 Å². The van der Waals surface area contributed by atoms with Gasteiger partial charge >= 0.3 is 0 Å². The van der Waals surface area contributed by atoms with Crippen molar-refractivity contribution in [1.29, 1.82) is 0 Å². The van der Waals surface area contributed by atoms with Gasteiger partial charge in [0.2, 0.25) is 0 Å². The highest BCUT2D eigenvalue weighted by atomic mass is 79.9. The van der Waals surface area contributed by atoms with Crippen molar-refractivity contribution in [2.75, 3.05) is 6.54 Å². The van der Waals surface area contributed by atoms with Gasteiger partial charge in [-0.15, -0.1) is 11.6 Å². The van der Waals surface area contributed by atoms with Gasteiger partial charge in [0.1, 0.15) is 5.49 Å². The number of fused-ring (bicyclic) bond motifs is 1. The Morgan fingerprint density at radius 1 is 1.73 bits per heavy atom. The summed E-state index contributed by atoms with van der Waals surface area (Å²) in [5, 5.41) is 1.12. The average Bonchev–Trinajstić information content (AvgIpc) is 2.33. The highest BCUT2D eigenvalue weighted by Crippen LogP contribution is 2.03. The van der Waals surface area contributed by atoms with E-state index < -0.39 is 0 Å². The molecular weight excluding hydrogens is 227 g/mol. The smallest absolute Gasteiger partial charge is 0.133 e. The first-order valence-electron chi connectivity index (χ1n) is 3.30. The van der Waals surface area contributed by atoms with Gasteiger partial charge in [-0.25, -0.2) is 0 Å². The van der Waals surface area contributed by atoms with E-state index in [4.69, 9.17) is 11.6 Å². The maximum atomic E-state index is 5.89. The van der Waals surface area contributed by atoms with Crippen LogP contribution in [0, 0.1) is 0 Å². The first kappa shape index (κ1) is 7.37. The second kappa shape index (κ2) is 2.64. The van der Waals surface area contributed by atoms with Crippen molar-refractivity contribution in [2.45, 2.75) is 5.38 Å². The Kier molecular flexibility index (Phi) is 1.77. The molecule has 58 valence electrons. The molecule has 1 aliphatic heterocycles. The standard InChI is InChI=1S/C7H6BrClN2/c8-6-3-11-7-5(6)1-4(9)2-10-7/h1,3-4H,2H2,(H,10,11). The van der Waals surface area contributed by atoms with E-state index in [0.717, 1.165) is 15.2 Å². The molecule has 11 heavy (non-hydrogen) atoms. The fourth-order valence-electron chi connectivity index (χ4n) is 1.10. The molecule has 1 unspecified atom stereocenters. The molecular formula is C7H6BrClN2. The Bertz CT molecular complexity index is 382. The van der Waals surface area contributed by atoms with E-state index in [2.05, 4.69) is 25.9 Å². The molecule has 4 heteroatoms. The topological polar surface area (TPSA) is 28.1 Å². The number of hydrogen-bond acceptors (Lipinski definition) is 1. The van der Waals surface area contributed by atoms with E-state index in [-0.39, 0.29) is 5.38 Å². The summed E-state index contributed by atoms with van der Waals surface area (Å²) in [6, 6.07) is 0. The van der Waals surface area contributed by atoms with E-state index in [1.165, 1.54) is 0 Å². The molecule has 0 radical (unpaired) electrons. The Morgan fingerprint density at radius 3 is 3.36 bits per heavy atom. The van der Waals surface area contributed by atoms with Gasteiger partial charge in [0.15, 0.2) is 0 Å². The van der Waals surface area contributed by atoms with Crippen molar-refractivity contribution in [3.8, 4) is 0 Å². The summed E-state index contributed by atoms with van der Waals surface area (Å²) in [7, 11) is 0. The lowest BCUT2D eigenvalue weighted by Gasteiger charge is -2.01. The third-order valence-electron chi connectivity index (χ3n) is 1.62. The lowest BCUT2D eigenvalue weighted by atomic mass is 10.3. The fraction of sp³-hybridized carbons (Fsp3) is 0.286. The average molecular weight is 233 g/mol. The van der Waals surface area contributed by atoms with Gasteiger partial charge in [-0.1, -0.05) is 6.08 Å². The zero-order chi connectivity index (χ0) is 7.84. The van der Waals surface area contributed by atoms with Crippen LogP contribution >= 0.6 is 27.5 Å². The van der Waals surface area contributed by atoms with Crippen LogP contribution in [0.3, 0.4) is 0 Å². The molecule has 2 heterocycles. The first-order valence-corrected chi connectivity index (χ1v) is 4.53. The van der Waals surface area contributed by atoms with Crippen LogP contribution < -0.4 is 10.7 Å². The van der Waals surface area contributed by atoms with E-state index >= 15 is 0 Å². The van der Waals surface area contributed by atoms with Crippen molar-refractivity contribution in [3.05, 3.63) is 21.4 Å². The van der Waals surface area contributed by atoms with Crippen LogP contribution in [0.25, 0.3) is 6.08 Å². The monoisotopic (exact) mass is 232 g/mol. The van der Waals surface area contributed by atoms with Crippen molar-refractivity contribution >= 4 is 33.6 Å². The maximum absolute atomic E-state index is 5.89. The second-order valence-electron chi connectivity index (χ2n) is 2.42. The van der Waals surface area contributed by atoms with E-state index in [0.29, 0.717) is 6.54 Å². The van der Waals surface area contributed by atoms with Crippen LogP contribution in [0.4, 0.5) is 0 Å². The molecule has 0 saturated carbocycles. The molecule has 0 aliphatic carbocycles. The van der Waals surface area contributed by atoms with E-state index in [1.807, 2.05) is 12.3 Å². The lowest BCUT2D eigenvalue weighted by Crippen LogP contribution is -2.30. The van der Waals surface area contributed by atoms with Crippen molar-refractivity contribution < 1.29 is 0 Å². The van der Waals surface area contributed by atoms with Gasteiger partial charge in [-0.3, -0.25) is 4.99 Å². The van der Waals surface area contributed by atoms with Crippen molar-refractivity contribution in [1.82, 2.24) is 4.98 Å². The Balaban J connectivity index is 2.77. The summed E-state index contributed by atoms with van der Waals surface area (Å²) in [5.74, 6) is 0. The summed E-state index contributed by atoms with van der Waals surface area (Å²) in [5.41, 5.74) is 0.925. The number of H-pyrrole nitrogens is 1. The minimum Gasteiger partial charge on any atom is -0.345 e. The molecule has 0 amide bonds. The summed E-state index contributed by atoms with van der Waals surface area (Å²) in [4.78, 5) is 7.29. The van der Waals surface area contributed by atoms with Crippen LogP contribution in [0.15, 0.2) is 15.7 Å². The SMILES string of the molecule is ClC1C=c2c(Br)c[nH]c2=NC1. The summed E-state index contributed by atoms with van der Waals surface area (Å²) >= 11 is 9.29. The molecule has 1 N–H and O–H groups in total. The van der Waals surface area contributed by atoms with Gasteiger partial charge in [0, 0.05) is 15.9 Å². The molecule has 1 aromatic heterocycles.